The lowest BCUT2D eigenvalue weighted by atomic mass is 10.1. The predicted octanol–water partition coefficient (Wildman–Crippen LogP) is 4.25. The first-order chi connectivity index (χ1) is 13.5. The van der Waals surface area contributed by atoms with Crippen molar-refractivity contribution in [1.82, 2.24) is 15.1 Å². The fourth-order valence-electron chi connectivity index (χ4n) is 3.36. The zero-order chi connectivity index (χ0) is 19.7. The number of hydrogen-bond donors (Lipinski definition) is 3. The summed E-state index contributed by atoms with van der Waals surface area (Å²) >= 11 is 5.35. The Morgan fingerprint density at radius 3 is 2.89 bits per heavy atom. The number of fused-ring (bicyclic) bond motifs is 1. The predicted molar refractivity (Wildman–Crippen MR) is 107 cm³/mol. The topological polar surface area (TPSA) is 56.0 Å². The molecule has 1 aliphatic rings. The van der Waals surface area contributed by atoms with Crippen molar-refractivity contribution in [1.29, 1.82) is 0 Å². The van der Waals surface area contributed by atoms with Crippen molar-refractivity contribution in [3.63, 3.8) is 0 Å². The van der Waals surface area contributed by atoms with Crippen LogP contribution in [0.5, 0.6) is 0 Å². The standard InChI is InChI=1S/C19H18F3N5S/c20-14-4-6-16(18(22)17(14)21)25-19(28)27-7-1-2-13(10-27)24-12-3-5-15-11(8-12)9-23-26-15/h3-6,8-9,13,24H,1-2,7,10H2,(H,23,26)(H,25,28). The van der Waals surface area contributed by atoms with Crippen LogP contribution in [0.1, 0.15) is 12.8 Å². The summed E-state index contributed by atoms with van der Waals surface area (Å²) in [7, 11) is 0. The number of H-pyrrole nitrogens is 1. The highest BCUT2D eigenvalue weighted by atomic mass is 32.1. The number of nitrogens with one attached hydrogen (secondary N) is 3. The molecule has 9 heteroatoms. The highest BCUT2D eigenvalue weighted by Crippen LogP contribution is 2.23. The molecule has 28 heavy (non-hydrogen) atoms. The second-order valence-electron chi connectivity index (χ2n) is 6.75. The van der Waals surface area contributed by atoms with Gasteiger partial charge in [0, 0.05) is 30.2 Å². The van der Waals surface area contributed by atoms with E-state index in [1.54, 1.807) is 6.20 Å². The molecule has 1 fully saturated rings. The van der Waals surface area contributed by atoms with Gasteiger partial charge >= 0.3 is 0 Å². The van der Waals surface area contributed by atoms with Crippen LogP contribution in [0.15, 0.2) is 36.5 Å². The number of likely N-dealkylation sites (tertiary alicyclic amines) is 1. The molecule has 5 nitrogen and oxygen atoms in total. The average molecular weight is 405 g/mol. The van der Waals surface area contributed by atoms with Crippen LogP contribution in [0.2, 0.25) is 0 Å². The average Bonchev–Trinajstić information content (AvgIpc) is 3.16. The number of piperidine rings is 1. The van der Waals surface area contributed by atoms with E-state index in [1.807, 2.05) is 23.1 Å². The third-order valence-corrected chi connectivity index (χ3v) is 5.16. The van der Waals surface area contributed by atoms with Crippen LogP contribution in [0, 0.1) is 17.5 Å². The Labute approximate surface area is 164 Å². The summed E-state index contributed by atoms with van der Waals surface area (Å²) in [5, 5.41) is 14.4. The van der Waals surface area contributed by atoms with Gasteiger partial charge in [-0.1, -0.05) is 0 Å². The Balaban J connectivity index is 1.41. The monoisotopic (exact) mass is 405 g/mol. The first-order valence-corrected chi connectivity index (χ1v) is 9.31. The van der Waals surface area contributed by atoms with Crippen LogP contribution >= 0.6 is 12.2 Å². The summed E-state index contributed by atoms with van der Waals surface area (Å²) in [5.74, 6) is -4.02. The molecule has 3 N–H and O–H groups in total. The molecule has 0 bridgehead atoms. The van der Waals surface area contributed by atoms with Crippen molar-refractivity contribution >= 4 is 39.6 Å². The van der Waals surface area contributed by atoms with Crippen molar-refractivity contribution in [2.24, 2.45) is 0 Å². The lowest BCUT2D eigenvalue weighted by molar-refractivity contribution is 0.325. The second kappa shape index (κ2) is 7.67. The number of nitrogens with zero attached hydrogens (tertiary/aromatic N) is 2. The van der Waals surface area contributed by atoms with Gasteiger partial charge in [0.05, 0.1) is 17.4 Å². The molecule has 1 atom stereocenters. The largest absolute Gasteiger partial charge is 0.381 e. The number of aromatic nitrogens is 2. The number of benzene rings is 2. The number of anilines is 2. The molecule has 1 saturated heterocycles. The minimum atomic E-state index is -1.51. The van der Waals surface area contributed by atoms with Crippen LogP contribution in [0.25, 0.3) is 10.9 Å². The zero-order valence-electron chi connectivity index (χ0n) is 14.8. The Morgan fingerprint density at radius 1 is 1.18 bits per heavy atom. The summed E-state index contributed by atoms with van der Waals surface area (Å²) in [6.45, 7) is 1.32. The Kier molecular flexibility index (Phi) is 5.08. The molecule has 0 saturated carbocycles. The minimum absolute atomic E-state index is 0.146. The Bertz CT molecular complexity index is 1020. The number of thiocarbonyl (C=S) groups is 1. The second-order valence-corrected chi connectivity index (χ2v) is 7.14. The van der Waals surface area contributed by atoms with Crippen LogP contribution < -0.4 is 10.6 Å². The fraction of sp³-hybridized carbons (Fsp3) is 0.263. The quantitative estimate of drug-likeness (QED) is 0.449. The summed E-state index contributed by atoms with van der Waals surface area (Å²) in [6.07, 6.45) is 3.62. The zero-order valence-corrected chi connectivity index (χ0v) is 15.6. The molecule has 3 aromatic rings. The molecular formula is C19H18F3N5S. The number of rotatable bonds is 3. The van der Waals surface area contributed by atoms with Crippen molar-refractivity contribution in [3.05, 3.63) is 54.0 Å². The maximum Gasteiger partial charge on any atom is 0.196 e. The summed E-state index contributed by atoms with van der Waals surface area (Å²) in [6, 6.07) is 8.12. The molecule has 0 amide bonds. The molecule has 4 rings (SSSR count). The maximum absolute atomic E-state index is 13.9. The van der Waals surface area contributed by atoms with Gasteiger partial charge in [0.1, 0.15) is 0 Å². The third-order valence-electron chi connectivity index (χ3n) is 4.80. The van der Waals surface area contributed by atoms with E-state index in [0.717, 1.165) is 41.6 Å². The van der Waals surface area contributed by atoms with E-state index in [1.165, 1.54) is 0 Å². The van der Waals surface area contributed by atoms with E-state index in [2.05, 4.69) is 20.8 Å². The van der Waals surface area contributed by atoms with Gasteiger partial charge in [0.25, 0.3) is 0 Å². The summed E-state index contributed by atoms with van der Waals surface area (Å²) in [5.41, 5.74) is 1.77. The number of halogens is 3. The van der Waals surface area contributed by atoms with Gasteiger partial charge in [0.2, 0.25) is 0 Å². The first-order valence-electron chi connectivity index (χ1n) is 8.90. The van der Waals surface area contributed by atoms with Gasteiger partial charge in [-0.05, 0) is 55.4 Å². The first kappa shape index (κ1) is 18.5. The van der Waals surface area contributed by atoms with Crippen molar-refractivity contribution in [3.8, 4) is 0 Å². The van der Waals surface area contributed by atoms with E-state index >= 15 is 0 Å². The molecule has 0 aliphatic carbocycles. The SMILES string of the molecule is Fc1ccc(NC(=S)N2CCCC(Nc3ccc4[nH]ncc4c3)C2)c(F)c1F. The Hall–Kier alpha value is -2.81. The van der Waals surface area contributed by atoms with Gasteiger partial charge in [-0.3, -0.25) is 5.10 Å². The molecule has 0 spiro atoms. The van der Waals surface area contributed by atoms with E-state index in [4.69, 9.17) is 12.2 Å². The molecule has 1 unspecified atom stereocenters. The summed E-state index contributed by atoms with van der Waals surface area (Å²) < 4.78 is 40.4. The molecule has 0 radical (unpaired) electrons. The van der Waals surface area contributed by atoms with Crippen LogP contribution in [-0.4, -0.2) is 39.3 Å². The van der Waals surface area contributed by atoms with Gasteiger partial charge in [-0.25, -0.2) is 13.2 Å². The van der Waals surface area contributed by atoms with E-state index in [0.29, 0.717) is 13.1 Å². The summed E-state index contributed by atoms with van der Waals surface area (Å²) in [4.78, 5) is 1.90. The van der Waals surface area contributed by atoms with Gasteiger partial charge in [-0.2, -0.15) is 5.10 Å². The number of aromatic amines is 1. The lowest BCUT2D eigenvalue weighted by Crippen LogP contribution is -2.46. The fourth-order valence-corrected chi connectivity index (χ4v) is 3.64. The molecule has 1 aliphatic heterocycles. The van der Waals surface area contributed by atoms with Crippen LogP contribution in [0.3, 0.4) is 0 Å². The van der Waals surface area contributed by atoms with Crippen LogP contribution in [-0.2, 0) is 0 Å². The minimum Gasteiger partial charge on any atom is -0.381 e. The van der Waals surface area contributed by atoms with E-state index < -0.39 is 17.5 Å². The van der Waals surface area contributed by atoms with Crippen molar-refractivity contribution < 1.29 is 13.2 Å². The third kappa shape index (κ3) is 3.75. The van der Waals surface area contributed by atoms with Gasteiger partial charge in [-0.15, -0.1) is 0 Å². The van der Waals surface area contributed by atoms with Crippen LogP contribution in [0.4, 0.5) is 24.5 Å². The van der Waals surface area contributed by atoms with Gasteiger partial charge < -0.3 is 15.5 Å². The van der Waals surface area contributed by atoms with Gasteiger partial charge in [0.15, 0.2) is 22.6 Å². The lowest BCUT2D eigenvalue weighted by Gasteiger charge is -2.35. The van der Waals surface area contributed by atoms with Crippen molar-refractivity contribution in [2.45, 2.75) is 18.9 Å². The smallest absolute Gasteiger partial charge is 0.196 e. The normalized spacial score (nSPS) is 17.0. The maximum atomic E-state index is 13.9. The highest BCUT2D eigenvalue weighted by molar-refractivity contribution is 7.80. The number of hydrogen-bond acceptors (Lipinski definition) is 3. The van der Waals surface area contributed by atoms with Crippen molar-refractivity contribution in [2.75, 3.05) is 23.7 Å². The van der Waals surface area contributed by atoms with E-state index in [-0.39, 0.29) is 16.8 Å². The molecule has 2 heterocycles. The molecule has 146 valence electrons. The Morgan fingerprint density at radius 2 is 2.04 bits per heavy atom. The molecule has 1 aromatic heterocycles. The highest BCUT2D eigenvalue weighted by Gasteiger charge is 2.23. The molecular weight excluding hydrogens is 387 g/mol. The molecule has 2 aromatic carbocycles. The van der Waals surface area contributed by atoms with E-state index in [9.17, 15) is 13.2 Å².